The fourth-order valence-corrected chi connectivity index (χ4v) is 2.56. The molecule has 0 atom stereocenters. The average molecular weight is 270 g/mol. The summed E-state index contributed by atoms with van der Waals surface area (Å²) in [7, 11) is 0. The van der Waals surface area contributed by atoms with Gasteiger partial charge in [0.2, 0.25) is 0 Å². The summed E-state index contributed by atoms with van der Waals surface area (Å²) in [5.74, 6) is 0. The van der Waals surface area contributed by atoms with Crippen molar-refractivity contribution in [3.63, 3.8) is 0 Å². The van der Waals surface area contributed by atoms with Crippen LogP contribution in [0.25, 0.3) is 28.0 Å². The number of fused-ring (bicyclic) bond motifs is 1. The third-order valence-corrected chi connectivity index (χ3v) is 3.56. The Labute approximate surface area is 126 Å². The van der Waals surface area contributed by atoms with Gasteiger partial charge in [-0.1, -0.05) is 78.9 Å². The van der Waals surface area contributed by atoms with Crippen LogP contribution in [0.15, 0.2) is 85.0 Å². The van der Waals surface area contributed by atoms with Gasteiger partial charge in [-0.3, -0.25) is 0 Å². The van der Waals surface area contributed by atoms with Crippen molar-refractivity contribution in [2.75, 3.05) is 0 Å². The third kappa shape index (κ3) is 2.95. The zero-order valence-electron chi connectivity index (χ0n) is 12.2. The van der Waals surface area contributed by atoms with Crippen molar-refractivity contribution >= 4 is 16.8 Å². The largest absolute Gasteiger partial charge is 0.0877 e. The van der Waals surface area contributed by atoms with E-state index >= 15 is 0 Å². The highest BCUT2D eigenvalue weighted by atomic mass is 14.1. The van der Waals surface area contributed by atoms with Crippen molar-refractivity contribution < 1.29 is 0 Å². The molecule has 0 N–H and O–H groups in total. The van der Waals surface area contributed by atoms with Gasteiger partial charge in [-0.2, -0.15) is 0 Å². The van der Waals surface area contributed by atoms with Crippen LogP contribution in [0.2, 0.25) is 0 Å². The number of hydrogen-bond acceptors (Lipinski definition) is 0. The van der Waals surface area contributed by atoms with Crippen LogP contribution in [-0.2, 0) is 0 Å². The van der Waals surface area contributed by atoms with Gasteiger partial charge in [0.25, 0.3) is 0 Å². The highest BCUT2D eigenvalue weighted by molar-refractivity contribution is 5.98. The fourth-order valence-electron chi connectivity index (χ4n) is 2.56. The molecule has 21 heavy (non-hydrogen) atoms. The summed E-state index contributed by atoms with van der Waals surface area (Å²) in [4.78, 5) is 0. The van der Waals surface area contributed by atoms with Gasteiger partial charge in [-0.05, 0) is 46.5 Å². The van der Waals surface area contributed by atoms with E-state index in [1.165, 1.54) is 27.5 Å². The molecule has 3 rings (SSSR count). The van der Waals surface area contributed by atoms with Crippen molar-refractivity contribution in [1.82, 2.24) is 0 Å². The SMILES string of the molecule is C/C=C\C=C/c1cc(-c2ccccc2)c2ccccc2c1. The van der Waals surface area contributed by atoms with E-state index in [2.05, 4.69) is 85.0 Å². The van der Waals surface area contributed by atoms with Crippen LogP contribution in [0.5, 0.6) is 0 Å². The van der Waals surface area contributed by atoms with Crippen LogP contribution >= 0.6 is 0 Å². The van der Waals surface area contributed by atoms with Gasteiger partial charge in [0.15, 0.2) is 0 Å². The zero-order valence-corrected chi connectivity index (χ0v) is 12.2. The quantitative estimate of drug-likeness (QED) is 0.505. The second-order valence-corrected chi connectivity index (χ2v) is 5.04. The molecular weight excluding hydrogens is 252 g/mol. The van der Waals surface area contributed by atoms with Gasteiger partial charge >= 0.3 is 0 Å². The highest BCUT2D eigenvalue weighted by Crippen LogP contribution is 2.30. The lowest BCUT2D eigenvalue weighted by Crippen LogP contribution is -1.83. The predicted molar refractivity (Wildman–Crippen MR) is 93.2 cm³/mol. The molecule has 0 heterocycles. The molecule has 3 aromatic carbocycles. The topological polar surface area (TPSA) is 0 Å². The minimum atomic E-state index is 1.23. The van der Waals surface area contributed by atoms with Crippen LogP contribution in [0, 0.1) is 0 Å². The first-order chi connectivity index (χ1) is 10.4. The number of rotatable bonds is 3. The van der Waals surface area contributed by atoms with Gasteiger partial charge in [0.1, 0.15) is 0 Å². The fraction of sp³-hybridized carbons (Fsp3) is 0.0476. The van der Waals surface area contributed by atoms with Gasteiger partial charge in [0, 0.05) is 0 Å². The third-order valence-electron chi connectivity index (χ3n) is 3.56. The number of hydrogen-bond donors (Lipinski definition) is 0. The van der Waals surface area contributed by atoms with Gasteiger partial charge in [-0.15, -0.1) is 0 Å². The molecule has 0 nitrogen and oxygen atoms in total. The smallest absolute Gasteiger partial charge is 0.00995 e. The Morgan fingerprint density at radius 1 is 0.762 bits per heavy atom. The molecule has 0 bridgehead atoms. The summed E-state index contributed by atoms with van der Waals surface area (Å²) >= 11 is 0. The first-order valence-electron chi connectivity index (χ1n) is 7.26. The lowest BCUT2D eigenvalue weighted by Gasteiger charge is -2.09. The molecule has 0 saturated heterocycles. The molecule has 0 unspecified atom stereocenters. The van der Waals surface area contributed by atoms with E-state index in [4.69, 9.17) is 0 Å². The van der Waals surface area contributed by atoms with Crippen molar-refractivity contribution in [2.24, 2.45) is 0 Å². The molecule has 0 aliphatic rings. The van der Waals surface area contributed by atoms with E-state index in [0.717, 1.165) is 0 Å². The minimum Gasteiger partial charge on any atom is -0.0877 e. The highest BCUT2D eigenvalue weighted by Gasteiger charge is 2.04. The molecule has 0 radical (unpaired) electrons. The summed E-state index contributed by atoms with van der Waals surface area (Å²) < 4.78 is 0. The van der Waals surface area contributed by atoms with E-state index in [-0.39, 0.29) is 0 Å². The molecule has 3 aromatic rings. The van der Waals surface area contributed by atoms with E-state index in [9.17, 15) is 0 Å². The summed E-state index contributed by atoms with van der Waals surface area (Å²) in [6.45, 7) is 2.03. The van der Waals surface area contributed by atoms with Crippen LogP contribution in [-0.4, -0.2) is 0 Å². The molecule has 102 valence electrons. The van der Waals surface area contributed by atoms with E-state index < -0.39 is 0 Å². The standard InChI is InChI=1S/C21H18/c1-2-3-5-10-17-15-19-13-8-9-14-20(19)21(16-17)18-11-6-4-7-12-18/h2-16H,1H3/b3-2-,10-5-. The lowest BCUT2D eigenvalue weighted by atomic mass is 9.95. The van der Waals surface area contributed by atoms with Crippen molar-refractivity contribution in [3.05, 3.63) is 90.5 Å². The Balaban J connectivity index is 2.21. The van der Waals surface area contributed by atoms with Gasteiger partial charge < -0.3 is 0 Å². The zero-order chi connectivity index (χ0) is 14.5. The molecule has 0 aliphatic carbocycles. The van der Waals surface area contributed by atoms with Crippen LogP contribution in [0.1, 0.15) is 12.5 Å². The van der Waals surface area contributed by atoms with Crippen molar-refractivity contribution in [1.29, 1.82) is 0 Å². The van der Waals surface area contributed by atoms with E-state index in [1.54, 1.807) is 0 Å². The average Bonchev–Trinajstić information content (AvgIpc) is 2.55. The Bertz CT molecular complexity index is 793. The maximum atomic E-state index is 2.26. The summed E-state index contributed by atoms with van der Waals surface area (Å²) in [5, 5.41) is 2.57. The monoisotopic (exact) mass is 270 g/mol. The number of benzene rings is 3. The first-order valence-corrected chi connectivity index (χ1v) is 7.26. The summed E-state index contributed by atoms with van der Waals surface area (Å²) in [5.41, 5.74) is 3.77. The minimum absolute atomic E-state index is 1.23. The molecule has 0 saturated carbocycles. The predicted octanol–water partition coefficient (Wildman–Crippen LogP) is 6.10. The normalized spacial score (nSPS) is 11.7. The lowest BCUT2D eigenvalue weighted by molar-refractivity contribution is 1.63. The van der Waals surface area contributed by atoms with Crippen molar-refractivity contribution in [3.8, 4) is 11.1 Å². The molecule has 0 amide bonds. The molecule has 0 spiro atoms. The second-order valence-electron chi connectivity index (χ2n) is 5.04. The van der Waals surface area contributed by atoms with Crippen molar-refractivity contribution in [2.45, 2.75) is 6.92 Å². The Morgan fingerprint density at radius 3 is 2.33 bits per heavy atom. The molecule has 0 heteroatoms. The Morgan fingerprint density at radius 2 is 1.52 bits per heavy atom. The Hall–Kier alpha value is -2.60. The summed E-state index contributed by atoms with van der Waals surface area (Å²) in [6.07, 6.45) is 8.32. The van der Waals surface area contributed by atoms with Gasteiger partial charge in [0.05, 0.1) is 0 Å². The molecule has 0 aromatic heterocycles. The van der Waals surface area contributed by atoms with Gasteiger partial charge in [-0.25, -0.2) is 0 Å². The van der Waals surface area contributed by atoms with Crippen LogP contribution < -0.4 is 0 Å². The maximum absolute atomic E-state index is 2.26. The van der Waals surface area contributed by atoms with Crippen LogP contribution in [0.4, 0.5) is 0 Å². The Kier molecular flexibility index (Phi) is 3.97. The first kappa shape index (κ1) is 13.4. The molecule has 0 aliphatic heterocycles. The molecule has 0 fully saturated rings. The maximum Gasteiger partial charge on any atom is -0.00995 e. The van der Waals surface area contributed by atoms with Crippen LogP contribution in [0.3, 0.4) is 0 Å². The molecular formula is C21H18. The second kappa shape index (κ2) is 6.23. The summed E-state index contributed by atoms with van der Waals surface area (Å²) in [6, 6.07) is 23.6. The van der Waals surface area contributed by atoms with E-state index in [1.807, 2.05) is 13.0 Å². The van der Waals surface area contributed by atoms with E-state index in [0.29, 0.717) is 0 Å². The number of allylic oxidation sites excluding steroid dienone is 3.